The summed E-state index contributed by atoms with van der Waals surface area (Å²) in [6.07, 6.45) is 1.91. The van der Waals surface area contributed by atoms with Crippen LogP contribution in [-0.2, 0) is 11.2 Å². The Morgan fingerprint density at radius 2 is 2.00 bits per heavy atom. The van der Waals surface area contributed by atoms with E-state index in [2.05, 4.69) is 21.4 Å². The first-order valence-electron chi connectivity index (χ1n) is 9.74. The van der Waals surface area contributed by atoms with Gasteiger partial charge in [0, 0.05) is 41.7 Å². The van der Waals surface area contributed by atoms with Crippen molar-refractivity contribution >= 4 is 23.1 Å². The largest absolute Gasteiger partial charge is 0.361 e. The standard InChI is InChI=1S/C22H21N5O3/c1-15-12-20(25-22(24-15)17-7-4-9-18(13-17)27(29)30)23-14-21(28)26-11-5-8-16-6-2-3-10-19(16)26/h2-4,6-7,9-10,12-13H,5,8,11,14H2,1H3,(H,23,24,25). The molecule has 30 heavy (non-hydrogen) atoms. The van der Waals surface area contributed by atoms with Crippen molar-refractivity contribution in [2.75, 3.05) is 23.3 Å². The first-order valence-corrected chi connectivity index (χ1v) is 9.74. The molecule has 1 aliphatic heterocycles. The molecule has 1 N–H and O–H groups in total. The van der Waals surface area contributed by atoms with Crippen LogP contribution >= 0.6 is 0 Å². The molecule has 0 radical (unpaired) electrons. The maximum atomic E-state index is 12.8. The van der Waals surface area contributed by atoms with Crippen molar-refractivity contribution < 1.29 is 9.72 Å². The van der Waals surface area contributed by atoms with Gasteiger partial charge in [0.2, 0.25) is 5.91 Å². The van der Waals surface area contributed by atoms with Gasteiger partial charge in [0.1, 0.15) is 5.82 Å². The van der Waals surface area contributed by atoms with Crippen molar-refractivity contribution in [1.29, 1.82) is 0 Å². The van der Waals surface area contributed by atoms with Crippen molar-refractivity contribution in [3.8, 4) is 11.4 Å². The number of nitro benzene ring substituents is 1. The Labute approximate surface area is 173 Å². The second-order valence-electron chi connectivity index (χ2n) is 7.16. The lowest BCUT2D eigenvalue weighted by atomic mass is 10.0. The molecule has 0 atom stereocenters. The summed E-state index contributed by atoms with van der Waals surface area (Å²) in [6.45, 7) is 2.61. The number of carbonyl (C=O) groups excluding carboxylic acids is 1. The van der Waals surface area contributed by atoms with E-state index in [1.54, 1.807) is 23.1 Å². The average molecular weight is 403 g/mol. The third kappa shape index (κ3) is 4.12. The van der Waals surface area contributed by atoms with Crippen LogP contribution in [0.15, 0.2) is 54.6 Å². The van der Waals surface area contributed by atoms with Gasteiger partial charge in [-0.2, -0.15) is 0 Å². The number of fused-ring (bicyclic) bond motifs is 1. The minimum Gasteiger partial charge on any atom is -0.361 e. The van der Waals surface area contributed by atoms with Gasteiger partial charge >= 0.3 is 0 Å². The van der Waals surface area contributed by atoms with E-state index in [1.165, 1.54) is 17.7 Å². The molecule has 3 aromatic rings. The molecule has 0 saturated carbocycles. The molecule has 4 rings (SSSR count). The fourth-order valence-electron chi connectivity index (χ4n) is 3.60. The fraction of sp³-hybridized carbons (Fsp3) is 0.227. The number of amides is 1. The molecule has 1 aromatic heterocycles. The predicted molar refractivity (Wildman–Crippen MR) is 114 cm³/mol. The van der Waals surface area contributed by atoms with Gasteiger partial charge in [0.25, 0.3) is 5.69 Å². The van der Waals surface area contributed by atoms with Crippen LogP contribution < -0.4 is 10.2 Å². The monoisotopic (exact) mass is 403 g/mol. The maximum Gasteiger partial charge on any atom is 0.270 e. The van der Waals surface area contributed by atoms with E-state index in [4.69, 9.17) is 0 Å². The van der Waals surface area contributed by atoms with Crippen LogP contribution in [0.3, 0.4) is 0 Å². The number of aryl methyl sites for hydroxylation is 2. The van der Waals surface area contributed by atoms with Crippen LogP contribution in [-0.4, -0.2) is 33.9 Å². The number of anilines is 2. The Kier molecular flexibility index (Phi) is 5.38. The first kappa shape index (κ1) is 19.5. The topological polar surface area (TPSA) is 101 Å². The van der Waals surface area contributed by atoms with Crippen molar-refractivity contribution in [1.82, 2.24) is 9.97 Å². The van der Waals surface area contributed by atoms with Gasteiger partial charge in [-0.1, -0.05) is 30.3 Å². The van der Waals surface area contributed by atoms with Crippen LogP contribution in [0.1, 0.15) is 17.7 Å². The molecular weight excluding hydrogens is 382 g/mol. The smallest absolute Gasteiger partial charge is 0.270 e. The van der Waals surface area contributed by atoms with Crippen molar-refractivity contribution in [3.05, 3.63) is 76.0 Å². The minimum absolute atomic E-state index is 0.0222. The van der Waals surface area contributed by atoms with Gasteiger partial charge in [0.05, 0.1) is 11.5 Å². The van der Waals surface area contributed by atoms with Crippen LogP contribution in [0.25, 0.3) is 11.4 Å². The number of hydrogen-bond acceptors (Lipinski definition) is 6. The molecule has 2 aromatic carbocycles. The summed E-state index contributed by atoms with van der Waals surface area (Å²) in [5.74, 6) is 0.843. The molecule has 8 heteroatoms. The minimum atomic E-state index is -0.451. The summed E-state index contributed by atoms with van der Waals surface area (Å²) in [5, 5.41) is 14.1. The third-order valence-corrected chi connectivity index (χ3v) is 5.00. The van der Waals surface area contributed by atoms with Crippen LogP contribution in [0.5, 0.6) is 0 Å². The summed E-state index contributed by atoms with van der Waals surface area (Å²) < 4.78 is 0. The highest BCUT2D eigenvalue weighted by molar-refractivity contribution is 5.97. The Morgan fingerprint density at radius 3 is 2.83 bits per heavy atom. The number of non-ortho nitro benzene ring substituents is 1. The third-order valence-electron chi connectivity index (χ3n) is 5.00. The summed E-state index contributed by atoms with van der Waals surface area (Å²) >= 11 is 0. The predicted octanol–water partition coefficient (Wildman–Crippen LogP) is 3.75. The van der Waals surface area contributed by atoms with E-state index in [-0.39, 0.29) is 18.1 Å². The van der Waals surface area contributed by atoms with Crippen molar-refractivity contribution in [3.63, 3.8) is 0 Å². The Balaban J connectivity index is 1.52. The zero-order valence-electron chi connectivity index (χ0n) is 16.5. The molecule has 0 unspecified atom stereocenters. The van der Waals surface area contributed by atoms with E-state index >= 15 is 0 Å². The van der Waals surface area contributed by atoms with Crippen molar-refractivity contribution in [2.24, 2.45) is 0 Å². The molecular formula is C22H21N5O3. The van der Waals surface area contributed by atoms with E-state index < -0.39 is 4.92 Å². The highest BCUT2D eigenvalue weighted by atomic mass is 16.6. The number of nitrogens with zero attached hydrogens (tertiary/aromatic N) is 4. The SMILES string of the molecule is Cc1cc(NCC(=O)N2CCCc3ccccc32)nc(-c2cccc([N+](=O)[O-])c2)n1. The van der Waals surface area contributed by atoms with E-state index in [0.29, 0.717) is 29.4 Å². The van der Waals surface area contributed by atoms with Gasteiger partial charge in [-0.05, 0) is 31.4 Å². The quantitative estimate of drug-likeness (QED) is 0.514. The Bertz CT molecular complexity index is 1120. The molecule has 0 spiro atoms. The van der Waals surface area contributed by atoms with Crippen LogP contribution in [0.2, 0.25) is 0 Å². The fourth-order valence-corrected chi connectivity index (χ4v) is 3.60. The second-order valence-corrected chi connectivity index (χ2v) is 7.16. The zero-order chi connectivity index (χ0) is 21.1. The number of hydrogen-bond donors (Lipinski definition) is 1. The van der Waals surface area contributed by atoms with Crippen molar-refractivity contribution in [2.45, 2.75) is 19.8 Å². The van der Waals surface area contributed by atoms with Gasteiger partial charge in [-0.25, -0.2) is 9.97 Å². The van der Waals surface area contributed by atoms with Gasteiger partial charge < -0.3 is 10.2 Å². The highest BCUT2D eigenvalue weighted by Crippen LogP contribution is 2.27. The molecule has 1 amide bonds. The van der Waals surface area contributed by atoms with Crippen LogP contribution in [0, 0.1) is 17.0 Å². The van der Waals surface area contributed by atoms with Gasteiger partial charge in [0.15, 0.2) is 5.82 Å². The lowest BCUT2D eigenvalue weighted by molar-refractivity contribution is -0.384. The molecule has 0 saturated heterocycles. The number of carbonyl (C=O) groups is 1. The summed E-state index contributed by atoms with van der Waals surface area (Å²) in [4.78, 5) is 34.1. The lowest BCUT2D eigenvalue weighted by Gasteiger charge is -2.29. The Morgan fingerprint density at radius 1 is 1.17 bits per heavy atom. The van der Waals surface area contributed by atoms with Gasteiger partial charge in [-0.3, -0.25) is 14.9 Å². The van der Waals surface area contributed by atoms with Gasteiger partial charge in [-0.15, -0.1) is 0 Å². The molecule has 0 aliphatic carbocycles. The van der Waals surface area contributed by atoms with Crippen LogP contribution in [0.4, 0.5) is 17.2 Å². The highest BCUT2D eigenvalue weighted by Gasteiger charge is 2.22. The zero-order valence-corrected chi connectivity index (χ0v) is 16.5. The number of para-hydroxylation sites is 1. The number of nitrogens with one attached hydrogen (secondary N) is 1. The summed E-state index contributed by atoms with van der Waals surface area (Å²) in [5.41, 5.74) is 3.37. The van der Waals surface area contributed by atoms with E-state index in [9.17, 15) is 14.9 Å². The molecule has 0 fully saturated rings. The second kappa shape index (κ2) is 8.28. The maximum absolute atomic E-state index is 12.8. The number of nitro groups is 1. The molecule has 0 bridgehead atoms. The summed E-state index contributed by atoms with van der Waals surface area (Å²) in [6, 6.07) is 15.9. The Hall–Kier alpha value is -3.81. The molecule has 152 valence electrons. The lowest BCUT2D eigenvalue weighted by Crippen LogP contribution is -2.39. The summed E-state index contributed by atoms with van der Waals surface area (Å²) in [7, 11) is 0. The molecule has 2 heterocycles. The van der Waals surface area contributed by atoms with E-state index in [0.717, 1.165) is 18.5 Å². The normalized spacial score (nSPS) is 12.9. The molecule has 1 aliphatic rings. The average Bonchev–Trinajstić information content (AvgIpc) is 2.76. The number of aromatic nitrogens is 2. The number of rotatable bonds is 5. The molecule has 8 nitrogen and oxygen atoms in total. The number of benzene rings is 2. The first-order chi connectivity index (χ1) is 14.5. The van der Waals surface area contributed by atoms with E-state index in [1.807, 2.05) is 25.1 Å².